The van der Waals surface area contributed by atoms with Crippen molar-refractivity contribution in [2.75, 3.05) is 19.8 Å². The SMILES string of the molecule is C/C=C/CCCCCCCCCCCOC[C@H]1OC[C@H](O)[C@@H](O)[C@@H]1O. The second-order valence-electron chi connectivity index (χ2n) is 7.03. The fraction of sp³-hybridized carbons (Fsp3) is 0.900. The number of allylic oxidation sites excluding steroid dienone is 2. The summed E-state index contributed by atoms with van der Waals surface area (Å²) in [6.07, 6.45) is 13.2. The molecule has 4 atom stereocenters. The number of aliphatic hydroxyl groups excluding tert-OH is 3. The van der Waals surface area contributed by atoms with E-state index >= 15 is 0 Å². The van der Waals surface area contributed by atoms with Gasteiger partial charge in [0, 0.05) is 6.61 Å². The number of hydrogen-bond donors (Lipinski definition) is 3. The lowest BCUT2D eigenvalue weighted by Crippen LogP contribution is -2.54. The molecular formula is C20H38O5. The van der Waals surface area contributed by atoms with Crippen LogP contribution in [0.25, 0.3) is 0 Å². The molecular weight excluding hydrogens is 320 g/mol. The molecule has 0 aromatic heterocycles. The van der Waals surface area contributed by atoms with Gasteiger partial charge in [-0.05, 0) is 26.2 Å². The Morgan fingerprint density at radius 3 is 2.12 bits per heavy atom. The Hall–Kier alpha value is -0.460. The van der Waals surface area contributed by atoms with Gasteiger partial charge >= 0.3 is 0 Å². The molecule has 1 rings (SSSR count). The van der Waals surface area contributed by atoms with Crippen molar-refractivity contribution >= 4 is 0 Å². The Bertz CT molecular complexity index is 334. The molecule has 1 heterocycles. The molecule has 5 nitrogen and oxygen atoms in total. The van der Waals surface area contributed by atoms with Crippen LogP contribution in [-0.2, 0) is 9.47 Å². The van der Waals surface area contributed by atoms with Crippen molar-refractivity contribution in [2.45, 2.75) is 95.5 Å². The third kappa shape index (κ3) is 10.3. The van der Waals surface area contributed by atoms with Crippen molar-refractivity contribution in [1.29, 1.82) is 0 Å². The van der Waals surface area contributed by atoms with Gasteiger partial charge in [0.05, 0.1) is 13.2 Å². The number of rotatable bonds is 14. The molecule has 148 valence electrons. The summed E-state index contributed by atoms with van der Waals surface area (Å²) in [6.45, 7) is 3.03. The fourth-order valence-electron chi connectivity index (χ4n) is 3.08. The molecule has 25 heavy (non-hydrogen) atoms. The number of unbranched alkanes of at least 4 members (excludes halogenated alkanes) is 9. The van der Waals surface area contributed by atoms with Gasteiger partial charge < -0.3 is 24.8 Å². The topological polar surface area (TPSA) is 79.2 Å². The molecule has 1 aliphatic heterocycles. The lowest BCUT2D eigenvalue weighted by atomic mass is 10.0. The Balaban J connectivity index is 1.83. The van der Waals surface area contributed by atoms with Gasteiger partial charge in [0.15, 0.2) is 0 Å². The van der Waals surface area contributed by atoms with Crippen molar-refractivity contribution in [1.82, 2.24) is 0 Å². The van der Waals surface area contributed by atoms with Gasteiger partial charge in [0.25, 0.3) is 0 Å². The van der Waals surface area contributed by atoms with Crippen LogP contribution in [0.1, 0.15) is 71.1 Å². The van der Waals surface area contributed by atoms with Crippen molar-refractivity contribution in [3.8, 4) is 0 Å². The molecule has 0 amide bonds. The zero-order valence-electron chi connectivity index (χ0n) is 15.8. The standard InChI is InChI=1S/C20H38O5/c1-2-3-4-5-6-7-8-9-10-11-12-13-14-24-16-18-20(23)19(22)17(21)15-25-18/h2-3,17-23H,4-16H2,1H3/b3-2+/t17-,18+,19+,20+/m0/s1. The number of aliphatic hydroxyl groups is 3. The van der Waals surface area contributed by atoms with E-state index in [-0.39, 0.29) is 13.2 Å². The van der Waals surface area contributed by atoms with Crippen LogP contribution >= 0.6 is 0 Å². The van der Waals surface area contributed by atoms with Crippen LogP contribution in [0, 0.1) is 0 Å². The molecule has 1 fully saturated rings. The largest absolute Gasteiger partial charge is 0.388 e. The molecule has 0 aromatic rings. The Morgan fingerprint density at radius 2 is 1.48 bits per heavy atom. The van der Waals surface area contributed by atoms with Gasteiger partial charge in [-0.2, -0.15) is 0 Å². The van der Waals surface area contributed by atoms with Gasteiger partial charge in [-0.25, -0.2) is 0 Å². The maximum Gasteiger partial charge on any atom is 0.111 e. The summed E-state index contributed by atoms with van der Waals surface area (Å²) in [4.78, 5) is 0. The van der Waals surface area contributed by atoms with Gasteiger partial charge in [-0.1, -0.05) is 57.1 Å². The molecule has 0 bridgehead atoms. The Labute approximate surface area is 153 Å². The van der Waals surface area contributed by atoms with E-state index in [2.05, 4.69) is 19.1 Å². The van der Waals surface area contributed by atoms with Gasteiger partial charge in [-0.15, -0.1) is 0 Å². The highest BCUT2D eigenvalue weighted by Gasteiger charge is 2.37. The monoisotopic (exact) mass is 358 g/mol. The quantitative estimate of drug-likeness (QED) is 0.329. The van der Waals surface area contributed by atoms with Gasteiger partial charge in [0.2, 0.25) is 0 Å². The van der Waals surface area contributed by atoms with Gasteiger partial charge in [0.1, 0.15) is 24.4 Å². The molecule has 1 saturated heterocycles. The second kappa shape index (κ2) is 14.7. The molecule has 0 aromatic carbocycles. The predicted octanol–water partition coefficient (Wildman–Crippen LogP) is 2.96. The molecule has 1 aliphatic rings. The first-order valence-electron chi connectivity index (χ1n) is 10.0. The van der Waals surface area contributed by atoms with E-state index in [0.717, 1.165) is 12.8 Å². The van der Waals surface area contributed by atoms with E-state index in [9.17, 15) is 15.3 Å². The first kappa shape index (κ1) is 22.6. The summed E-state index contributed by atoms with van der Waals surface area (Å²) in [7, 11) is 0. The van der Waals surface area contributed by atoms with Crippen molar-refractivity contribution < 1.29 is 24.8 Å². The van der Waals surface area contributed by atoms with Gasteiger partial charge in [-0.3, -0.25) is 0 Å². The minimum Gasteiger partial charge on any atom is -0.388 e. The fourth-order valence-corrected chi connectivity index (χ4v) is 3.08. The predicted molar refractivity (Wildman–Crippen MR) is 99.6 cm³/mol. The molecule has 0 aliphatic carbocycles. The van der Waals surface area contributed by atoms with E-state index < -0.39 is 24.4 Å². The van der Waals surface area contributed by atoms with Crippen molar-refractivity contribution in [2.24, 2.45) is 0 Å². The average Bonchev–Trinajstić information content (AvgIpc) is 2.61. The van der Waals surface area contributed by atoms with Crippen LogP contribution in [0.3, 0.4) is 0 Å². The molecule has 0 unspecified atom stereocenters. The first-order chi connectivity index (χ1) is 12.2. The average molecular weight is 359 g/mol. The van der Waals surface area contributed by atoms with Crippen LogP contribution in [0.2, 0.25) is 0 Å². The molecule has 5 heteroatoms. The summed E-state index contributed by atoms with van der Waals surface area (Å²) in [5.74, 6) is 0. The van der Waals surface area contributed by atoms with E-state index in [1.807, 2.05) is 0 Å². The maximum atomic E-state index is 9.79. The first-order valence-corrected chi connectivity index (χ1v) is 10.0. The normalized spacial score (nSPS) is 27.2. The van der Waals surface area contributed by atoms with Crippen molar-refractivity contribution in [3.05, 3.63) is 12.2 Å². The highest BCUT2D eigenvalue weighted by molar-refractivity contribution is 4.86. The number of hydrogen-bond acceptors (Lipinski definition) is 5. The van der Waals surface area contributed by atoms with E-state index in [1.165, 1.54) is 51.4 Å². The minimum absolute atomic E-state index is 0.0432. The number of ether oxygens (including phenoxy) is 2. The second-order valence-corrected chi connectivity index (χ2v) is 7.03. The summed E-state index contributed by atoms with van der Waals surface area (Å²) in [5, 5.41) is 28.8. The summed E-state index contributed by atoms with van der Waals surface area (Å²) in [6, 6.07) is 0. The lowest BCUT2D eigenvalue weighted by molar-refractivity contribution is -0.199. The zero-order valence-corrected chi connectivity index (χ0v) is 15.8. The molecule has 0 spiro atoms. The molecule has 0 radical (unpaired) electrons. The molecule has 3 N–H and O–H groups in total. The van der Waals surface area contributed by atoms with E-state index in [1.54, 1.807) is 0 Å². The summed E-state index contributed by atoms with van der Waals surface area (Å²) >= 11 is 0. The smallest absolute Gasteiger partial charge is 0.111 e. The summed E-state index contributed by atoms with van der Waals surface area (Å²) < 4.78 is 10.8. The van der Waals surface area contributed by atoms with Crippen LogP contribution in [0.4, 0.5) is 0 Å². The highest BCUT2D eigenvalue weighted by atomic mass is 16.6. The molecule has 0 saturated carbocycles. The maximum absolute atomic E-state index is 9.79. The van der Waals surface area contributed by atoms with Crippen LogP contribution in [0.15, 0.2) is 12.2 Å². The third-order valence-electron chi connectivity index (χ3n) is 4.78. The van der Waals surface area contributed by atoms with E-state index in [4.69, 9.17) is 9.47 Å². The summed E-state index contributed by atoms with van der Waals surface area (Å²) in [5.41, 5.74) is 0. The van der Waals surface area contributed by atoms with E-state index in [0.29, 0.717) is 6.61 Å². The zero-order chi connectivity index (χ0) is 18.3. The highest BCUT2D eigenvalue weighted by Crippen LogP contribution is 2.16. The van der Waals surface area contributed by atoms with Crippen molar-refractivity contribution in [3.63, 3.8) is 0 Å². The minimum atomic E-state index is -1.15. The Kier molecular flexibility index (Phi) is 13.3. The van der Waals surface area contributed by atoms with Crippen LogP contribution in [-0.4, -0.2) is 59.6 Å². The van der Waals surface area contributed by atoms with Crippen LogP contribution < -0.4 is 0 Å². The van der Waals surface area contributed by atoms with Crippen LogP contribution in [0.5, 0.6) is 0 Å². The third-order valence-corrected chi connectivity index (χ3v) is 4.78. The Morgan fingerprint density at radius 1 is 0.880 bits per heavy atom. The lowest BCUT2D eigenvalue weighted by Gasteiger charge is -2.35.